The zero-order chi connectivity index (χ0) is 28.5. The number of piperidine rings is 1. The van der Waals surface area contributed by atoms with Crippen molar-refractivity contribution in [2.45, 2.75) is 38.7 Å². The van der Waals surface area contributed by atoms with E-state index in [0.29, 0.717) is 52.5 Å². The molecule has 0 spiro atoms. The predicted molar refractivity (Wildman–Crippen MR) is 167 cm³/mol. The number of nitrogens with zero attached hydrogens (tertiary/aromatic N) is 2. The van der Waals surface area contributed by atoms with Crippen LogP contribution in [0.3, 0.4) is 0 Å². The number of ether oxygens (including phenoxy) is 4. The van der Waals surface area contributed by atoms with Crippen molar-refractivity contribution < 1.29 is 20.4 Å². The van der Waals surface area contributed by atoms with Crippen molar-refractivity contribution >= 4 is 5.71 Å². The second kappa shape index (κ2) is 17.5. The van der Waals surface area contributed by atoms with Crippen molar-refractivity contribution in [3.8, 4) is 0 Å². The summed E-state index contributed by atoms with van der Waals surface area (Å²) in [5.41, 5.74) is 5.15. The summed E-state index contributed by atoms with van der Waals surface area (Å²) in [6, 6.07) is 8.42. The highest BCUT2D eigenvalue weighted by Gasteiger charge is 2.19. The summed E-state index contributed by atoms with van der Waals surface area (Å²) in [7, 11) is 3.61. The molecule has 41 heavy (non-hydrogen) atoms. The summed E-state index contributed by atoms with van der Waals surface area (Å²) < 4.78 is 24.2. The molecule has 1 fully saturated rings. The maximum atomic E-state index is 6.41. The predicted octanol–water partition coefficient (Wildman–Crippen LogP) is 5.07. The minimum absolute atomic E-state index is 0. The maximum absolute atomic E-state index is 6.41. The van der Waals surface area contributed by atoms with Gasteiger partial charge in [-0.15, -0.1) is 0 Å². The normalized spacial score (nSPS) is 21.8. The van der Waals surface area contributed by atoms with E-state index in [-0.39, 0.29) is 1.43 Å². The van der Waals surface area contributed by atoms with E-state index in [2.05, 4.69) is 58.0 Å². The summed E-state index contributed by atoms with van der Waals surface area (Å²) in [5, 5.41) is 6.58. The summed E-state index contributed by atoms with van der Waals surface area (Å²) >= 11 is 0. The minimum atomic E-state index is 0. The molecule has 2 heterocycles. The van der Waals surface area contributed by atoms with Crippen LogP contribution in [-0.4, -0.2) is 77.5 Å². The van der Waals surface area contributed by atoms with Crippen molar-refractivity contribution in [2.24, 2.45) is 4.99 Å². The number of fused-ring (bicyclic) bond motifs is 3. The van der Waals surface area contributed by atoms with Crippen LogP contribution in [0.25, 0.3) is 0 Å². The molecule has 1 aromatic carbocycles. The summed E-state index contributed by atoms with van der Waals surface area (Å²) in [5.74, 6) is 1.58. The first kappa shape index (κ1) is 30.6. The first-order valence-corrected chi connectivity index (χ1v) is 14.8. The van der Waals surface area contributed by atoms with Crippen LogP contribution < -0.4 is 10.6 Å². The fraction of sp³-hybridized carbons (Fsp3) is 0.485. The molecule has 3 aliphatic rings. The molecule has 1 saturated heterocycles. The smallest absolute Gasteiger partial charge is 0.162 e. The summed E-state index contributed by atoms with van der Waals surface area (Å²) in [6.07, 6.45) is 17.5. The van der Waals surface area contributed by atoms with E-state index in [1.807, 2.05) is 25.4 Å². The zero-order valence-electron chi connectivity index (χ0n) is 24.7. The van der Waals surface area contributed by atoms with E-state index >= 15 is 0 Å². The number of methoxy groups -OCH3 is 1. The van der Waals surface area contributed by atoms with Gasteiger partial charge in [-0.2, -0.15) is 0 Å². The third-order valence-electron chi connectivity index (χ3n) is 7.26. The minimum Gasteiger partial charge on any atom is -0.497 e. The zero-order valence-corrected chi connectivity index (χ0v) is 24.7. The van der Waals surface area contributed by atoms with E-state index < -0.39 is 0 Å². The molecule has 2 aliphatic heterocycles. The van der Waals surface area contributed by atoms with Gasteiger partial charge in [0.05, 0.1) is 33.5 Å². The van der Waals surface area contributed by atoms with Gasteiger partial charge in [-0.25, -0.2) is 0 Å². The van der Waals surface area contributed by atoms with Crippen LogP contribution in [0.2, 0.25) is 0 Å². The average Bonchev–Trinajstić information content (AvgIpc) is 3.16. The van der Waals surface area contributed by atoms with Crippen LogP contribution in [0, 0.1) is 0 Å². The first-order valence-electron chi connectivity index (χ1n) is 14.8. The van der Waals surface area contributed by atoms with Crippen molar-refractivity contribution in [3.63, 3.8) is 0 Å². The lowest BCUT2D eigenvalue weighted by molar-refractivity contribution is 0.123. The van der Waals surface area contributed by atoms with E-state index in [0.717, 1.165) is 59.3 Å². The number of hydrogen-bond acceptors (Lipinski definition) is 8. The molecule has 4 rings (SSSR count). The van der Waals surface area contributed by atoms with Gasteiger partial charge in [0.25, 0.3) is 0 Å². The summed E-state index contributed by atoms with van der Waals surface area (Å²) in [6.45, 7) is 6.23. The number of hydrogen-bond donors (Lipinski definition) is 2. The molecule has 0 radical (unpaired) electrons. The van der Waals surface area contributed by atoms with Gasteiger partial charge in [-0.05, 0) is 55.4 Å². The van der Waals surface area contributed by atoms with Gasteiger partial charge in [0.15, 0.2) is 5.76 Å². The number of benzene rings is 1. The number of allylic oxidation sites excluding steroid dienone is 3. The molecule has 1 aromatic rings. The van der Waals surface area contributed by atoms with E-state index in [9.17, 15) is 0 Å². The lowest BCUT2D eigenvalue weighted by atomic mass is 10.0. The Morgan fingerprint density at radius 3 is 2.76 bits per heavy atom. The molecule has 0 aromatic heterocycles. The van der Waals surface area contributed by atoms with Crippen LogP contribution in [0.5, 0.6) is 0 Å². The standard InChI is InChI=1S/C33H46N4O4.H2/c1-34-15-9-12-31-28-11-8-10-27(22-28)24-39-19-6-7-20-40-25-29-23-30(35-26-36-31)13-14-32(38-2)33(29)41-21-18-37-16-4-3-5-17-37;/h6-11,13,15,22-23,34-35H,3-5,12,14,16-21,24-26H2,1-2H3;1H/b7-6+,15-9-,36-31+;. The molecule has 1 aliphatic carbocycles. The quantitative estimate of drug-likeness (QED) is 0.427. The van der Waals surface area contributed by atoms with Gasteiger partial charge in [0, 0.05) is 44.8 Å². The molecule has 2 N–H and O–H groups in total. The summed E-state index contributed by atoms with van der Waals surface area (Å²) in [4.78, 5) is 7.44. The van der Waals surface area contributed by atoms with Crippen LogP contribution >= 0.6 is 0 Å². The molecule has 0 unspecified atom stereocenters. The highest BCUT2D eigenvalue weighted by Crippen LogP contribution is 2.26. The van der Waals surface area contributed by atoms with Crippen LogP contribution in [0.4, 0.5) is 0 Å². The third-order valence-corrected chi connectivity index (χ3v) is 7.26. The van der Waals surface area contributed by atoms with Gasteiger partial charge in [-0.3, -0.25) is 9.89 Å². The second-order valence-electron chi connectivity index (χ2n) is 10.3. The van der Waals surface area contributed by atoms with Gasteiger partial charge in [0.2, 0.25) is 0 Å². The Labute approximate surface area is 247 Å². The Bertz CT molecular complexity index is 1150. The highest BCUT2D eigenvalue weighted by atomic mass is 16.5. The molecule has 8 nitrogen and oxygen atoms in total. The molecular weight excluding hydrogens is 516 g/mol. The highest BCUT2D eigenvalue weighted by molar-refractivity contribution is 6.01. The Balaban J connectivity index is 0.00000484. The number of aliphatic imine (C=N–C) groups is 1. The van der Waals surface area contributed by atoms with E-state index in [4.69, 9.17) is 23.9 Å². The average molecular weight is 565 g/mol. The third kappa shape index (κ3) is 10.2. The Hall–Kier alpha value is -3.33. The first-order chi connectivity index (χ1) is 20.3. The van der Waals surface area contributed by atoms with E-state index in [1.165, 1.54) is 19.3 Å². The molecular formula is C33H48N4O4. The molecule has 8 heteroatoms. The Morgan fingerprint density at radius 1 is 1.12 bits per heavy atom. The van der Waals surface area contributed by atoms with E-state index in [1.54, 1.807) is 7.11 Å². The number of likely N-dealkylation sites (tertiary alicyclic amines) is 1. The molecule has 0 saturated carbocycles. The lowest BCUT2D eigenvalue weighted by Gasteiger charge is -2.26. The number of rotatable bonds is 8. The topological polar surface area (TPSA) is 76.6 Å². The monoisotopic (exact) mass is 564 g/mol. The Kier molecular flexibility index (Phi) is 13.1. The largest absolute Gasteiger partial charge is 0.497 e. The second-order valence-corrected chi connectivity index (χ2v) is 10.3. The van der Waals surface area contributed by atoms with Crippen molar-refractivity contribution in [1.82, 2.24) is 15.5 Å². The number of nitrogens with one attached hydrogen (secondary N) is 2. The van der Waals surface area contributed by atoms with Gasteiger partial charge < -0.3 is 29.6 Å². The van der Waals surface area contributed by atoms with Crippen LogP contribution in [0.1, 0.15) is 44.7 Å². The maximum Gasteiger partial charge on any atom is 0.162 e. The van der Waals surface area contributed by atoms with Crippen molar-refractivity contribution in [2.75, 3.05) is 66.9 Å². The lowest BCUT2D eigenvalue weighted by Crippen LogP contribution is -2.32. The van der Waals surface area contributed by atoms with Crippen molar-refractivity contribution in [1.29, 1.82) is 0 Å². The Morgan fingerprint density at radius 2 is 1.95 bits per heavy atom. The van der Waals surface area contributed by atoms with Crippen LogP contribution in [0.15, 0.2) is 88.6 Å². The fourth-order valence-corrected chi connectivity index (χ4v) is 5.07. The fourth-order valence-electron chi connectivity index (χ4n) is 5.07. The van der Waals surface area contributed by atoms with Gasteiger partial charge in [0.1, 0.15) is 19.0 Å². The van der Waals surface area contributed by atoms with Crippen LogP contribution in [-0.2, 0) is 25.6 Å². The SMILES string of the molecule is CN/C=C\C/C1=N\CNC2=CCC(OC)=C(OCCN3CCCCC3)C(=C2)COC/C=C/COCc2cccc1c2.[HH]. The molecule has 224 valence electrons. The molecule has 0 atom stereocenters. The molecule has 4 bridgehead atoms. The molecule has 0 amide bonds. The van der Waals surface area contributed by atoms with Crippen molar-refractivity contribution in [3.05, 3.63) is 94.8 Å². The van der Waals surface area contributed by atoms with Gasteiger partial charge >= 0.3 is 0 Å². The van der Waals surface area contributed by atoms with Gasteiger partial charge in [-0.1, -0.05) is 48.9 Å².